The summed E-state index contributed by atoms with van der Waals surface area (Å²) in [5.41, 5.74) is 4.54. The maximum absolute atomic E-state index is 12.8. The van der Waals surface area contributed by atoms with Gasteiger partial charge in [0.05, 0.1) is 4.92 Å². The first kappa shape index (κ1) is 24.4. The normalized spacial score (nSPS) is 13.4. The van der Waals surface area contributed by atoms with Crippen molar-refractivity contribution >= 4 is 51.4 Å². The summed E-state index contributed by atoms with van der Waals surface area (Å²) in [4.78, 5) is 30.6. The van der Waals surface area contributed by atoms with E-state index in [9.17, 15) is 14.9 Å². The molecule has 2 heterocycles. The Bertz CT molecular complexity index is 1510. The molecule has 5 rings (SSSR count). The maximum atomic E-state index is 12.8. The molecule has 0 unspecified atom stereocenters. The Hall–Kier alpha value is -4.31. The zero-order chi connectivity index (χ0) is 25.9. The van der Waals surface area contributed by atoms with E-state index in [-0.39, 0.29) is 16.4 Å². The van der Waals surface area contributed by atoms with Crippen molar-refractivity contribution in [2.24, 2.45) is 0 Å². The SMILES string of the molecule is Cc1ccc2nc(-c3cccc(NC(=S)NC(=O)c4ccc(N5CCCCC5)c([N+](=O)[O-])c4)c3)oc2c1. The summed E-state index contributed by atoms with van der Waals surface area (Å²) < 4.78 is 5.90. The Labute approximate surface area is 218 Å². The highest BCUT2D eigenvalue weighted by atomic mass is 32.1. The first-order valence-corrected chi connectivity index (χ1v) is 12.4. The molecular formula is C27H25N5O4S. The van der Waals surface area contributed by atoms with Crippen molar-refractivity contribution in [1.82, 2.24) is 10.3 Å². The number of hydrogen-bond acceptors (Lipinski definition) is 7. The fourth-order valence-corrected chi connectivity index (χ4v) is 4.65. The lowest BCUT2D eigenvalue weighted by atomic mass is 10.1. The van der Waals surface area contributed by atoms with E-state index in [4.69, 9.17) is 16.6 Å². The van der Waals surface area contributed by atoms with Gasteiger partial charge in [0, 0.05) is 36.0 Å². The number of thiocarbonyl (C=S) groups is 1. The number of fused-ring (bicyclic) bond motifs is 1. The van der Waals surface area contributed by atoms with Crippen LogP contribution in [0.1, 0.15) is 35.2 Å². The van der Waals surface area contributed by atoms with Crippen LogP contribution in [-0.4, -0.2) is 34.0 Å². The lowest BCUT2D eigenvalue weighted by molar-refractivity contribution is -0.384. The van der Waals surface area contributed by atoms with Crippen molar-refractivity contribution < 1.29 is 14.1 Å². The van der Waals surface area contributed by atoms with E-state index in [0.29, 0.717) is 22.8 Å². The molecule has 1 amide bonds. The second-order valence-electron chi connectivity index (χ2n) is 8.99. The summed E-state index contributed by atoms with van der Waals surface area (Å²) in [6, 6.07) is 17.7. The molecule has 1 aromatic heterocycles. The molecule has 0 saturated carbocycles. The molecule has 1 aliphatic heterocycles. The summed E-state index contributed by atoms with van der Waals surface area (Å²) in [6.45, 7) is 3.52. The van der Waals surface area contributed by atoms with Crippen molar-refractivity contribution in [1.29, 1.82) is 0 Å². The topological polar surface area (TPSA) is 114 Å². The van der Waals surface area contributed by atoms with Crippen LogP contribution in [0.5, 0.6) is 0 Å². The zero-order valence-corrected chi connectivity index (χ0v) is 21.0. The standard InChI is InChI=1S/C27H25N5O4S/c1-17-8-10-21-24(14-17)36-26(29-21)19-6-5-7-20(15-19)28-27(37)30-25(33)18-9-11-22(23(16-18)32(34)35)31-12-3-2-4-13-31/h5-11,14-16H,2-4,12-13H2,1H3,(H2,28,30,33,37). The Kier molecular flexibility index (Phi) is 6.82. The van der Waals surface area contributed by atoms with Crippen LogP contribution < -0.4 is 15.5 Å². The summed E-state index contributed by atoms with van der Waals surface area (Å²) in [7, 11) is 0. The van der Waals surface area contributed by atoms with Crippen LogP contribution >= 0.6 is 12.2 Å². The fourth-order valence-electron chi connectivity index (χ4n) is 4.44. The van der Waals surface area contributed by atoms with E-state index in [1.807, 2.05) is 48.2 Å². The van der Waals surface area contributed by atoms with E-state index >= 15 is 0 Å². The number of anilines is 2. The highest BCUT2D eigenvalue weighted by Gasteiger charge is 2.23. The number of benzene rings is 3. The molecular weight excluding hydrogens is 490 g/mol. The van der Waals surface area contributed by atoms with Crippen LogP contribution in [0, 0.1) is 17.0 Å². The average Bonchev–Trinajstić information content (AvgIpc) is 3.32. The second kappa shape index (κ2) is 10.4. The zero-order valence-electron chi connectivity index (χ0n) is 20.2. The van der Waals surface area contributed by atoms with Crippen LogP contribution in [0.2, 0.25) is 0 Å². The monoisotopic (exact) mass is 515 g/mol. The number of aromatic nitrogens is 1. The fraction of sp³-hybridized carbons (Fsp3) is 0.222. The smallest absolute Gasteiger partial charge is 0.293 e. The summed E-state index contributed by atoms with van der Waals surface area (Å²) >= 11 is 5.33. The van der Waals surface area contributed by atoms with Gasteiger partial charge in [0.25, 0.3) is 11.6 Å². The number of nitrogens with zero attached hydrogens (tertiary/aromatic N) is 3. The highest BCUT2D eigenvalue weighted by Crippen LogP contribution is 2.31. The van der Waals surface area contributed by atoms with Crippen LogP contribution in [0.4, 0.5) is 17.1 Å². The van der Waals surface area contributed by atoms with E-state index in [1.54, 1.807) is 18.2 Å². The molecule has 4 aromatic rings. The Morgan fingerprint density at radius 3 is 2.68 bits per heavy atom. The van der Waals surface area contributed by atoms with Crippen LogP contribution in [0.15, 0.2) is 65.1 Å². The molecule has 9 nitrogen and oxygen atoms in total. The van der Waals surface area contributed by atoms with Gasteiger partial charge >= 0.3 is 0 Å². The predicted octanol–water partition coefficient (Wildman–Crippen LogP) is 5.83. The largest absolute Gasteiger partial charge is 0.436 e. The Morgan fingerprint density at radius 1 is 1.08 bits per heavy atom. The molecule has 0 radical (unpaired) electrons. The number of nitro groups is 1. The molecule has 1 fully saturated rings. The molecule has 0 spiro atoms. The number of carbonyl (C=O) groups excluding carboxylic acids is 1. The van der Waals surface area contributed by atoms with Gasteiger partial charge in [0.15, 0.2) is 10.7 Å². The third-order valence-electron chi connectivity index (χ3n) is 6.27. The predicted molar refractivity (Wildman–Crippen MR) is 147 cm³/mol. The maximum Gasteiger partial charge on any atom is 0.293 e. The minimum Gasteiger partial charge on any atom is -0.436 e. The van der Waals surface area contributed by atoms with Gasteiger partial charge in [0.1, 0.15) is 11.2 Å². The van der Waals surface area contributed by atoms with Crippen LogP contribution in [0.3, 0.4) is 0 Å². The molecule has 10 heteroatoms. The molecule has 0 atom stereocenters. The first-order valence-electron chi connectivity index (χ1n) is 12.0. The number of rotatable bonds is 5. The number of amides is 1. The number of carbonyl (C=O) groups is 1. The third-order valence-corrected chi connectivity index (χ3v) is 6.47. The van der Waals surface area contributed by atoms with Gasteiger partial charge in [-0.2, -0.15) is 0 Å². The Morgan fingerprint density at radius 2 is 1.89 bits per heavy atom. The van der Waals surface area contributed by atoms with Gasteiger partial charge in [-0.3, -0.25) is 20.2 Å². The van der Waals surface area contributed by atoms with E-state index in [2.05, 4.69) is 15.6 Å². The molecule has 1 saturated heterocycles. The quantitative estimate of drug-likeness (QED) is 0.194. The summed E-state index contributed by atoms with van der Waals surface area (Å²) in [5.74, 6) is -0.0587. The van der Waals surface area contributed by atoms with Crippen molar-refractivity contribution in [2.75, 3.05) is 23.3 Å². The number of nitro benzene ring substituents is 1. The number of aryl methyl sites for hydroxylation is 1. The van der Waals surface area contributed by atoms with Gasteiger partial charge in [0.2, 0.25) is 5.89 Å². The van der Waals surface area contributed by atoms with Gasteiger partial charge in [-0.15, -0.1) is 0 Å². The molecule has 2 N–H and O–H groups in total. The molecule has 188 valence electrons. The second-order valence-corrected chi connectivity index (χ2v) is 9.40. The molecule has 37 heavy (non-hydrogen) atoms. The van der Waals surface area contributed by atoms with E-state index in [0.717, 1.165) is 49.0 Å². The number of nitrogens with one attached hydrogen (secondary N) is 2. The van der Waals surface area contributed by atoms with Gasteiger partial charge in [-0.05, 0) is 86.4 Å². The molecule has 1 aliphatic rings. The number of hydrogen-bond donors (Lipinski definition) is 2. The minimum absolute atomic E-state index is 0.0677. The van der Waals surface area contributed by atoms with Gasteiger partial charge < -0.3 is 14.6 Å². The van der Waals surface area contributed by atoms with Gasteiger partial charge in [-0.1, -0.05) is 12.1 Å². The average molecular weight is 516 g/mol. The number of piperidine rings is 1. The molecule has 0 aliphatic carbocycles. The van der Waals surface area contributed by atoms with Gasteiger partial charge in [-0.25, -0.2) is 4.98 Å². The number of oxazole rings is 1. The third kappa shape index (κ3) is 5.44. The lowest BCUT2D eigenvalue weighted by Crippen LogP contribution is -2.34. The van der Waals surface area contributed by atoms with Crippen LogP contribution in [-0.2, 0) is 0 Å². The lowest BCUT2D eigenvalue weighted by Gasteiger charge is -2.28. The molecule has 3 aromatic carbocycles. The molecule has 0 bridgehead atoms. The van der Waals surface area contributed by atoms with E-state index < -0.39 is 10.8 Å². The van der Waals surface area contributed by atoms with Crippen molar-refractivity contribution in [3.05, 3.63) is 81.9 Å². The van der Waals surface area contributed by atoms with E-state index in [1.165, 1.54) is 6.07 Å². The minimum atomic E-state index is -0.531. The van der Waals surface area contributed by atoms with Crippen molar-refractivity contribution in [2.45, 2.75) is 26.2 Å². The van der Waals surface area contributed by atoms with Crippen molar-refractivity contribution in [3.63, 3.8) is 0 Å². The Balaban J connectivity index is 1.28. The van der Waals surface area contributed by atoms with Crippen LogP contribution in [0.25, 0.3) is 22.6 Å². The summed E-state index contributed by atoms with van der Waals surface area (Å²) in [5, 5.41) is 17.4. The highest BCUT2D eigenvalue weighted by molar-refractivity contribution is 7.80. The summed E-state index contributed by atoms with van der Waals surface area (Å²) in [6.07, 6.45) is 3.10. The van der Waals surface area contributed by atoms with Crippen molar-refractivity contribution in [3.8, 4) is 11.5 Å². The first-order chi connectivity index (χ1) is 17.9.